The van der Waals surface area contributed by atoms with E-state index in [-0.39, 0.29) is 0 Å². The van der Waals surface area contributed by atoms with E-state index < -0.39 is 0 Å². The molecule has 0 unspecified atom stereocenters. The lowest BCUT2D eigenvalue weighted by Gasteiger charge is -2.09. The molecule has 0 aliphatic carbocycles. The summed E-state index contributed by atoms with van der Waals surface area (Å²) in [6.45, 7) is 0. The first-order valence-corrected chi connectivity index (χ1v) is 11.2. The van der Waals surface area contributed by atoms with Crippen LogP contribution in [0.2, 0.25) is 0 Å². The van der Waals surface area contributed by atoms with Crippen LogP contribution in [-0.4, -0.2) is 23.9 Å². The van der Waals surface area contributed by atoms with Crippen molar-refractivity contribution >= 4 is 27.5 Å². The van der Waals surface area contributed by atoms with Crippen LogP contribution in [-0.2, 0) is 0 Å². The smallest absolute Gasteiger partial charge is 0.179 e. The Morgan fingerprint density at radius 2 is 1.24 bits per heavy atom. The predicted octanol–water partition coefficient (Wildman–Crippen LogP) is 6.56. The SMILES string of the molecule is c1ccc2c(c1)c1ccccc1n2-c1ccc(-c2cnc(-c3cn4ccccc4n3)nc2)cc1. The summed E-state index contributed by atoms with van der Waals surface area (Å²) in [6.07, 6.45) is 7.65. The van der Waals surface area contributed by atoms with Crippen molar-refractivity contribution in [2.24, 2.45) is 0 Å². The normalized spacial score (nSPS) is 11.5. The first-order chi connectivity index (χ1) is 16.8. The molecular weight excluding hydrogens is 418 g/mol. The van der Waals surface area contributed by atoms with Crippen molar-refractivity contribution in [3.63, 3.8) is 0 Å². The lowest BCUT2D eigenvalue weighted by molar-refractivity contribution is 1.15. The Morgan fingerprint density at radius 3 is 1.91 bits per heavy atom. The first-order valence-electron chi connectivity index (χ1n) is 11.2. The molecule has 0 spiro atoms. The van der Waals surface area contributed by atoms with E-state index in [9.17, 15) is 0 Å². The monoisotopic (exact) mass is 437 g/mol. The standard InChI is InChI=1S/C29H19N5/c1-3-9-26-23(7-1)24-8-2-4-10-27(24)34(26)22-14-12-20(13-15-22)21-17-30-29(31-18-21)25-19-33-16-6-5-11-28(33)32-25/h1-19H. The van der Waals surface area contributed by atoms with Gasteiger partial charge in [0.1, 0.15) is 11.3 Å². The number of para-hydroxylation sites is 2. The quantitative estimate of drug-likeness (QED) is 0.315. The van der Waals surface area contributed by atoms with Crippen molar-refractivity contribution in [2.75, 3.05) is 0 Å². The Balaban J connectivity index is 1.25. The van der Waals surface area contributed by atoms with Gasteiger partial charge in [0, 0.05) is 46.8 Å². The molecule has 0 N–H and O–H groups in total. The van der Waals surface area contributed by atoms with E-state index in [2.05, 4.69) is 92.3 Å². The zero-order chi connectivity index (χ0) is 22.5. The largest absolute Gasteiger partial charge is 0.309 e. The van der Waals surface area contributed by atoms with E-state index in [1.165, 1.54) is 21.8 Å². The molecule has 4 heterocycles. The minimum atomic E-state index is 0.620. The summed E-state index contributed by atoms with van der Waals surface area (Å²) in [5.41, 5.74) is 7.23. The van der Waals surface area contributed by atoms with Gasteiger partial charge >= 0.3 is 0 Å². The van der Waals surface area contributed by atoms with E-state index in [4.69, 9.17) is 0 Å². The molecule has 0 saturated carbocycles. The van der Waals surface area contributed by atoms with Crippen LogP contribution in [0.4, 0.5) is 0 Å². The van der Waals surface area contributed by atoms with Crippen molar-refractivity contribution in [3.8, 4) is 28.3 Å². The highest BCUT2D eigenvalue weighted by Gasteiger charge is 2.12. The van der Waals surface area contributed by atoms with E-state index in [0.29, 0.717) is 5.82 Å². The lowest BCUT2D eigenvalue weighted by atomic mass is 10.1. The maximum Gasteiger partial charge on any atom is 0.179 e. The first kappa shape index (κ1) is 18.8. The minimum Gasteiger partial charge on any atom is -0.309 e. The third-order valence-electron chi connectivity index (χ3n) is 6.28. The summed E-state index contributed by atoms with van der Waals surface area (Å²) in [4.78, 5) is 13.8. The van der Waals surface area contributed by atoms with Gasteiger partial charge in [-0.1, -0.05) is 54.6 Å². The van der Waals surface area contributed by atoms with E-state index >= 15 is 0 Å². The lowest BCUT2D eigenvalue weighted by Crippen LogP contribution is -1.94. The predicted molar refractivity (Wildman–Crippen MR) is 136 cm³/mol. The zero-order valence-corrected chi connectivity index (χ0v) is 18.2. The van der Waals surface area contributed by atoms with Crippen LogP contribution in [0.5, 0.6) is 0 Å². The highest BCUT2D eigenvalue weighted by molar-refractivity contribution is 6.09. The number of rotatable bonds is 3. The van der Waals surface area contributed by atoms with Crippen LogP contribution in [0, 0.1) is 0 Å². The molecule has 0 aliphatic rings. The molecule has 4 aromatic heterocycles. The zero-order valence-electron chi connectivity index (χ0n) is 18.2. The summed E-state index contributed by atoms with van der Waals surface area (Å²) in [5.74, 6) is 0.620. The van der Waals surface area contributed by atoms with Crippen molar-refractivity contribution in [2.45, 2.75) is 0 Å². The van der Waals surface area contributed by atoms with Gasteiger partial charge in [0.2, 0.25) is 0 Å². The summed E-state index contributed by atoms with van der Waals surface area (Å²) in [5, 5.41) is 2.52. The Kier molecular flexibility index (Phi) is 4.08. The molecule has 34 heavy (non-hydrogen) atoms. The molecule has 0 radical (unpaired) electrons. The fourth-order valence-electron chi connectivity index (χ4n) is 4.66. The number of nitrogens with zero attached hydrogens (tertiary/aromatic N) is 5. The molecule has 5 heteroatoms. The van der Waals surface area contributed by atoms with Crippen LogP contribution in [0.1, 0.15) is 0 Å². The van der Waals surface area contributed by atoms with Crippen molar-refractivity contribution in [3.05, 3.63) is 116 Å². The van der Waals surface area contributed by atoms with Gasteiger partial charge in [-0.25, -0.2) is 15.0 Å². The summed E-state index contributed by atoms with van der Waals surface area (Å²) >= 11 is 0. The number of hydrogen-bond acceptors (Lipinski definition) is 3. The number of hydrogen-bond donors (Lipinski definition) is 0. The fourth-order valence-corrected chi connectivity index (χ4v) is 4.66. The second kappa shape index (κ2) is 7.39. The van der Waals surface area contributed by atoms with Crippen molar-refractivity contribution in [1.29, 1.82) is 0 Å². The molecule has 0 atom stereocenters. The average Bonchev–Trinajstić information content (AvgIpc) is 3.49. The molecule has 0 bridgehead atoms. The molecule has 5 nitrogen and oxygen atoms in total. The van der Waals surface area contributed by atoms with Gasteiger partial charge < -0.3 is 8.97 Å². The van der Waals surface area contributed by atoms with Crippen LogP contribution in [0.25, 0.3) is 55.8 Å². The second-order valence-corrected chi connectivity index (χ2v) is 8.30. The summed E-state index contributed by atoms with van der Waals surface area (Å²) in [7, 11) is 0. The number of imidazole rings is 1. The highest BCUT2D eigenvalue weighted by Crippen LogP contribution is 2.32. The number of fused-ring (bicyclic) bond motifs is 4. The summed E-state index contributed by atoms with van der Waals surface area (Å²) in [6, 6.07) is 31.6. The molecule has 0 aliphatic heterocycles. The number of benzene rings is 3. The maximum atomic E-state index is 4.61. The fraction of sp³-hybridized carbons (Fsp3) is 0. The third-order valence-corrected chi connectivity index (χ3v) is 6.28. The van der Waals surface area contributed by atoms with Gasteiger partial charge in [0.25, 0.3) is 0 Å². The van der Waals surface area contributed by atoms with E-state index in [1.807, 2.05) is 47.4 Å². The van der Waals surface area contributed by atoms with Crippen molar-refractivity contribution in [1.82, 2.24) is 23.9 Å². The Morgan fingerprint density at radius 1 is 0.588 bits per heavy atom. The second-order valence-electron chi connectivity index (χ2n) is 8.30. The molecule has 0 amide bonds. The highest BCUT2D eigenvalue weighted by atomic mass is 15.0. The average molecular weight is 438 g/mol. The van der Waals surface area contributed by atoms with Gasteiger partial charge in [-0.15, -0.1) is 0 Å². The number of pyridine rings is 1. The van der Waals surface area contributed by atoms with Crippen molar-refractivity contribution < 1.29 is 0 Å². The van der Waals surface area contributed by atoms with Crippen LogP contribution < -0.4 is 0 Å². The van der Waals surface area contributed by atoms with E-state index in [0.717, 1.165) is 28.2 Å². The van der Waals surface area contributed by atoms with Crippen LogP contribution in [0.3, 0.4) is 0 Å². The molecule has 7 aromatic rings. The molecule has 160 valence electrons. The Bertz CT molecular complexity index is 1700. The van der Waals surface area contributed by atoms with Gasteiger partial charge in [-0.2, -0.15) is 0 Å². The van der Waals surface area contributed by atoms with Gasteiger partial charge in [-0.05, 0) is 42.0 Å². The topological polar surface area (TPSA) is 48.0 Å². The molecular formula is C29H19N5. The molecule has 0 fully saturated rings. The minimum absolute atomic E-state index is 0.620. The Hall–Kier alpha value is -4.77. The van der Waals surface area contributed by atoms with Gasteiger partial charge in [0.15, 0.2) is 5.82 Å². The number of aromatic nitrogens is 5. The van der Waals surface area contributed by atoms with Crippen LogP contribution >= 0.6 is 0 Å². The molecule has 0 saturated heterocycles. The third kappa shape index (κ3) is 2.91. The molecule has 7 rings (SSSR count). The maximum absolute atomic E-state index is 4.61. The van der Waals surface area contributed by atoms with Gasteiger partial charge in [-0.3, -0.25) is 0 Å². The van der Waals surface area contributed by atoms with E-state index in [1.54, 1.807) is 0 Å². The van der Waals surface area contributed by atoms with Crippen LogP contribution in [0.15, 0.2) is 116 Å². The van der Waals surface area contributed by atoms with Gasteiger partial charge in [0.05, 0.1) is 11.0 Å². The molecule has 3 aromatic carbocycles. The Labute approximate surface area is 195 Å². The summed E-state index contributed by atoms with van der Waals surface area (Å²) < 4.78 is 4.29.